The van der Waals surface area contributed by atoms with E-state index in [1.54, 1.807) is 18.3 Å². The van der Waals surface area contributed by atoms with E-state index in [1.807, 2.05) is 12.1 Å². The second-order valence-corrected chi connectivity index (χ2v) is 6.72. The monoisotopic (exact) mass is 337 g/mol. The van der Waals surface area contributed by atoms with Gasteiger partial charge in [0.25, 0.3) is 5.91 Å². The van der Waals surface area contributed by atoms with Crippen LogP contribution in [0.15, 0.2) is 42.6 Å². The van der Waals surface area contributed by atoms with Crippen LogP contribution in [0.2, 0.25) is 0 Å². The Morgan fingerprint density at radius 2 is 2.04 bits per heavy atom. The Kier molecular flexibility index (Phi) is 4.76. The number of rotatable bonds is 3. The van der Waals surface area contributed by atoms with Crippen LogP contribution >= 0.6 is 0 Å². The van der Waals surface area contributed by atoms with Crippen molar-refractivity contribution in [1.82, 2.24) is 9.88 Å². The quantitative estimate of drug-likeness (QED) is 0.936. The van der Waals surface area contributed by atoms with Gasteiger partial charge in [-0.25, -0.2) is 0 Å². The zero-order valence-corrected chi connectivity index (χ0v) is 14.3. The number of pyridine rings is 1. The molecule has 0 radical (unpaired) electrons. The summed E-state index contributed by atoms with van der Waals surface area (Å²) in [4.78, 5) is 19.0. The zero-order valence-electron chi connectivity index (χ0n) is 14.3. The van der Waals surface area contributed by atoms with Crippen molar-refractivity contribution in [1.29, 1.82) is 0 Å². The molecule has 1 fully saturated rings. The lowest BCUT2D eigenvalue weighted by Gasteiger charge is -2.37. The molecule has 3 heterocycles. The predicted octanol–water partition coefficient (Wildman–Crippen LogP) is 2.87. The Balaban J connectivity index is 1.47. The first kappa shape index (κ1) is 16.2. The Labute approximate surface area is 148 Å². The molecule has 0 bridgehead atoms. The maximum Gasteiger partial charge on any atom is 0.274 e. The molecule has 25 heavy (non-hydrogen) atoms. The number of fused-ring (bicyclic) bond motifs is 1. The van der Waals surface area contributed by atoms with Crippen molar-refractivity contribution in [3.8, 4) is 0 Å². The van der Waals surface area contributed by atoms with Crippen molar-refractivity contribution in [2.75, 3.05) is 25.1 Å². The van der Waals surface area contributed by atoms with Crippen molar-refractivity contribution < 1.29 is 9.53 Å². The summed E-state index contributed by atoms with van der Waals surface area (Å²) in [6.45, 7) is 3.80. The van der Waals surface area contributed by atoms with Crippen molar-refractivity contribution in [2.24, 2.45) is 0 Å². The highest BCUT2D eigenvalue weighted by atomic mass is 16.5. The van der Waals surface area contributed by atoms with Gasteiger partial charge in [0.1, 0.15) is 5.69 Å². The number of hydrogen-bond acceptors (Lipinski definition) is 4. The molecule has 1 N–H and O–H groups in total. The first-order chi connectivity index (χ1) is 12.3. The third kappa shape index (κ3) is 3.72. The number of anilines is 1. The van der Waals surface area contributed by atoms with Gasteiger partial charge in [0.2, 0.25) is 0 Å². The number of nitrogens with one attached hydrogen (secondary N) is 1. The van der Waals surface area contributed by atoms with Crippen LogP contribution < -0.4 is 5.32 Å². The van der Waals surface area contributed by atoms with Gasteiger partial charge in [-0.15, -0.1) is 0 Å². The van der Waals surface area contributed by atoms with Crippen LogP contribution in [0.4, 0.5) is 5.69 Å². The van der Waals surface area contributed by atoms with Crippen molar-refractivity contribution >= 4 is 11.6 Å². The summed E-state index contributed by atoms with van der Waals surface area (Å²) in [7, 11) is 0. The van der Waals surface area contributed by atoms with E-state index >= 15 is 0 Å². The Morgan fingerprint density at radius 3 is 2.84 bits per heavy atom. The molecule has 0 aliphatic carbocycles. The lowest BCUT2D eigenvalue weighted by molar-refractivity contribution is 0.0290. The van der Waals surface area contributed by atoms with Crippen LogP contribution in [0.1, 0.15) is 34.5 Å². The van der Waals surface area contributed by atoms with E-state index in [1.165, 1.54) is 11.1 Å². The summed E-state index contributed by atoms with van der Waals surface area (Å²) in [5.41, 5.74) is 3.97. The van der Waals surface area contributed by atoms with Crippen LogP contribution in [0, 0.1) is 0 Å². The lowest BCUT2D eigenvalue weighted by Crippen LogP contribution is -2.42. The number of ether oxygens (including phenoxy) is 1. The first-order valence-corrected chi connectivity index (χ1v) is 8.95. The van der Waals surface area contributed by atoms with Crippen molar-refractivity contribution in [3.63, 3.8) is 0 Å². The van der Waals surface area contributed by atoms with Gasteiger partial charge in [-0.05, 0) is 54.7 Å². The second kappa shape index (κ2) is 7.33. The number of benzene rings is 1. The van der Waals surface area contributed by atoms with Gasteiger partial charge in [0.05, 0.1) is 0 Å². The van der Waals surface area contributed by atoms with Crippen molar-refractivity contribution in [2.45, 2.75) is 31.8 Å². The second-order valence-electron chi connectivity index (χ2n) is 6.72. The van der Waals surface area contributed by atoms with E-state index in [-0.39, 0.29) is 5.91 Å². The van der Waals surface area contributed by atoms with E-state index in [9.17, 15) is 4.79 Å². The normalized spacial score (nSPS) is 18.6. The molecule has 5 nitrogen and oxygen atoms in total. The molecule has 0 saturated carbocycles. The smallest absolute Gasteiger partial charge is 0.274 e. The van der Waals surface area contributed by atoms with Gasteiger partial charge < -0.3 is 10.1 Å². The fraction of sp³-hybridized carbons (Fsp3) is 0.400. The summed E-state index contributed by atoms with van der Waals surface area (Å²) in [6.07, 6.45) is 4.94. The van der Waals surface area contributed by atoms with Gasteiger partial charge in [0.15, 0.2) is 0 Å². The molecular formula is C20H23N3O2. The third-order valence-electron chi connectivity index (χ3n) is 5.11. The van der Waals surface area contributed by atoms with Crippen LogP contribution in [0.3, 0.4) is 0 Å². The minimum atomic E-state index is -0.169. The zero-order chi connectivity index (χ0) is 17.1. The van der Waals surface area contributed by atoms with Gasteiger partial charge in [0, 0.05) is 44.2 Å². The van der Waals surface area contributed by atoms with Gasteiger partial charge in [-0.3, -0.25) is 14.7 Å². The molecule has 130 valence electrons. The molecule has 0 atom stereocenters. The molecule has 0 spiro atoms. The molecule has 1 aromatic heterocycles. The van der Waals surface area contributed by atoms with Gasteiger partial charge in [-0.1, -0.05) is 12.1 Å². The highest BCUT2D eigenvalue weighted by Gasteiger charge is 2.25. The number of carbonyl (C=O) groups excluding carboxylic acids is 1. The molecule has 2 aliphatic heterocycles. The highest BCUT2D eigenvalue weighted by Crippen LogP contribution is 2.26. The maximum absolute atomic E-state index is 12.3. The standard InChI is InChI=1S/C20H23N3O2/c24-20(19-3-1-2-9-21-19)22-17-5-4-15-6-10-23(14-16(15)13-17)18-7-11-25-12-8-18/h1-5,9,13,18H,6-8,10-12,14H2,(H,22,24). The number of nitrogens with zero attached hydrogens (tertiary/aromatic N) is 2. The SMILES string of the molecule is O=C(Nc1ccc2c(c1)CN(C1CCOCC1)CC2)c1ccccn1. The topological polar surface area (TPSA) is 54.5 Å². The molecule has 2 aromatic rings. The highest BCUT2D eigenvalue weighted by molar-refractivity contribution is 6.02. The largest absolute Gasteiger partial charge is 0.381 e. The summed E-state index contributed by atoms with van der Waals surface area (Å²) in [6, 6.07) is 12.2. The average molecular weight is 337 g/mol. The summed E-state index contributed by atoms with van der Waals surface area (Å²) in [5.74, 6) is -0.169. The van der Waals surface area contributed by atoms with E-state index in [2.05, 4.69) is 27.3 Å². The fourth-order valence-electron chi connectivity index (χ4n) is 3.71. The first-order valence-electron chi connectivity index (χ1n) is 8.95. The number of aromatic nitrogens is 1. The van der Waals surface area contributed by atoms with Gasteiger partial charge in [-0.2, -0.15) is 0 Å². The molecule has 5 heteroatoms. The van der Waals surface area contributed by atoms with E-state index in [0.717, 1.165) is 51.3 Å². The van der Waals surface area contributed by atoms with Crippen LogP contribution in [-0.2, 0) is 17.7 Å². The number of hydrogen-bond donors (Lipinski definition) is 1. The molecule has 2 aliphatic rings. The summed E-state index contributed by atoms with van der Waals surface area (Å²) >= 11 is 0. The Morgan fingerprint density at radius 1 is 1.16 bits per heavy atom. The van der Waals surface area contributed by atoms with Crippen LogP contribution in [0.25, 0.3) is 0 Å². The molecular weight excluding hydrogens is 314 g/mol. The molecule has 1 amide bonds. The van der Waals surface area contributed by atoms with E-state index < -0.39 is 0 Å². The van der Waals surface area contributed by atoms with Crippen LogP contribution in [-0.4, -0.2) is 41.6 Å². The minimum Gasteiger partial charge on any atom is -0.381 e. The molecule has 0 unspecified atom stereocenters. The third-order valence-corrected chi connectivity index (χ3v) is 5.11. The summed E-state index contributed by atoms with van der Waals surface area (Å²) in [5, 5.41) is 2.96. The predicted molar refractivity (Wildman–Crippen MR) is 96.6 cm³/mol. The Hall–Kier alpha value is -2.24. The van der Waals surface area contributed by atoms with Gasteiger partial charge >= 0.3 is 0 Å². The Bertz CT molecular complexity index is 742. The van der Waals surface area contributed by atoms with E-state index in [4.69, 9.17) is 4.74 Å². The maximum atomic E-state index is 12.3. The molecule has 4 rings (SSSR count). The van der Waals surface area contributed by atoms with Crippen molar-refractivity contribution in [3.05, 3.63) is 59.4 Å². The summed E-state index contributed by atoms with van der Waals surface area (Å²) < 4.78 is 5.48. The number of carbonyl (C=O) groups is 1. The minimum absolute atomic E-state index is 0.169. The molecule has 1 aromatic carbocycles. The number of amides is 1. The van der Waals surface area contributed by atoms with Crippen LogP contribution in [0.5, 0.6) is 0 Å². The average Bonchev–Trinajstić information content (AvgIpc) is 2.69. The fourth-order valence-corrected chi connectivity index (χ4v) is 3.71. The lowest BCUT2D eigenvalue weighted by atomic mass is 9.96. The van der Waals surface area contributed by atoms with E-state index in [0.29, 0.717) is 11.7 Å². The molecule has 1 saturated heterocycles.